The first kappa shape index (κ1) is 17.0. The number of hydrogen-bond acceptors (Lipinski definition) is 6. The third kappa shape index (κ3) is 13.6. The van der Waals surface area contributed by atoms with E-state index in [2.05, 4.69) is 4.74 Å². The normalized spacial score (nSPS) is 11.8. The zero-order valence-electron chi connectivity index (χ0n) is 9.36. The van der Waals surface area contributed by atoms with Gasteiger partial charge in [-0.25, -0.2) is 4.79 Å². The summed E-state index contributed by atoms with van der Waals surface area (Å²) in [4.78, 5) is 28.9. The van der Waals surface area contributed by atoms with Crippen LogP contribution in [0.25, 0.3) is 0 Å². The Kier molecular flexibility index (Phi) is 13.3. The Morgan fingerprint density at radius 2 is 2.07 bits per heavy atom. The van der Waals surface area contributed by atoms with Gasteiger partial charge in [0.05, 0.1) is 0 Å². The summed E-state index contributed by atoms with van der Waals surface area (Å²) in [6, 6.07) is -0.679. The second-order valence-corrected chi connectivity index (χ2v) is 4.23. The maximum atomic E-state index is 10.9. The molecule has 0 aliphatic rings. The number of rotatable bonds is 4. The smallest absolute Gasteiger partial charge is 0.330 e. The van der Waals surface area contributed by atoms with Gasteiger partial charge in [-0.15, -0.1) is 0 Å². The van der Waals surface area contributed by atoms with Gasteiger partial charge in [-0.1, -0.05) is 6.55 Å². The summed E-state index contributed by atoms with van der Waals surface area (Å²) in [5.41, 5.74) is 5.41. The summed E-state index contributed by atoms with van der Waals surface area (Å²) in [5, 5.41) is 0. The molecule has 0 aromatic carbocycles. The Labute approximate surface area is 96.7 Å². The van der Waals surface area contributed by atoms with E-state index in [4.69, 9.17) is 10.5 Å². The lowest BCUT2D eigenvalue weighted by Crippen LogP contribution is -2.33. The summed E-state index contributed by atoms with van der Waals surface area (Å²) in [5.74, 6) is -0.468. The average Bonchev–Trinajstić information content (AvgIpc) is 2.14. The van der Waals surface area contributed by atoms with Crippen molar-refractivity contribution < 1.29 is 19.1 Å². The first-order valence-electron chi connectivity index (χ1n) is 4.57. The summed E-state index contributed by atoms with van der Waals surface area (Å²) >= 11 is 1.59. The second-order valence-electron chi connectivity index (χ2n) is 2.62. The van der Waals surface area contributed by atoms with Gasteiger partial charge in [0, 0.05) is 6.92 Å². The highest BCUT2D eigenvalue weighted by Gasteiger charge is 2.15. The lowest BCUT2D eigenvalue weighted by Gasteiger charge is -2.07. The quantitative estimate of drug-likeness (QED) is 0.390. The van der Waals surface area contributed by atoms with Gasteiger partial charge in [0.15, 0.2) is 9.76 Å². The molecule has 1 atom stereocenters. The van der Waals surface area contributed by atoms with Crippen molar-refractivity contribution in [3.63, 3.8) is 0 Å². The maximum Gasteiger partial charge on any atom is 0.330 e. The molecule has 15 heavy (non-hydrogen) atoms. The number of hydrogen-bond donors (Lipinski definition) is 2. The molecule has 1 unspecified atom stereocenters. The summed E-state index contributed by atoms with van der Waals surface area (Å²) in [6.07, 6.45) is 2.45. The Hall–Kier alpha value is -0.373. The molecule has 3 N–H and O–H groups in total. The largest absolute Gasteiger partial charge is 0.438 e. The van der Waals surface area contributed by atoms with E-state index >= 15 is 0 Å². The molecular weight excluding hydrogens is 234 g/mol. The number of carbonyl (C=O) groups excluding carboxylic acids is 2. The summed E-state index contributed by atoms with van der Waals surface area (Å²) in [7, 11) is -0.583. The number of nitrogens with two attached hydrogens (primary N) is 1. The monoisotopic (exact) mass is 253 g/mol. The van der Waals surface area contributed by atoms with Crippen LogP contribution >= 0.6 is 11.8 Å². The van der Waals surface area contributed by atoms with Crippen LogP contribution in [0.3, 0.4) is 0 Å². The molecule has 0 aliphatic carbocycles. The molecule has 90 valence electrons. The van der Waals surface area contributed by atoms with Gasteiger partial charge in [0.25, 0.3) is 0 Å². The molecule has 0 saturated carbocycles. The molecular formula is C8H19NO4SSi. The molecule has 0 fully saturated rings. The molecule has 0 aliphatic heterocycles. The maximum absolute atomic E-state index is 10.9. The van der Waals surface area contributed by atoms with Crippen molar-refractivity contribution in [3.8, 4) is 0 Å². The molecule has 0 aromatic rings. The van der Waals surface area contributed by atoms with Crippen molar-refractivity contribution >= 4 is 33.5 Å². The average molecular weight is 253 g/mol. The predicted octanol–water partition coefficient (Wildman–Crippen LogP) is -0.733. The van der Waals surface area contributed by atoms with E-state index in [0.29, 0.717) is 6.42 Å². The lowest BCUT2D eigenvalue weighted by molar-refractivity contribution is -0.159. The topological polar surface area (TPSA) is 89.6 Å². The molecule has 0 bridgehead atoms. The van der Waals surface area contributed by atoms with Crippen LogP contribution in [-0.4, -0.2) is 44.5 Å². The Balaban J connectivity index is 0. The van der Waals surface area contributed by atoms with Crippen LogP contribution in [0.4, 0.5) is 0 Å². The van der Waals surface area contributed by atoms with Gasteiger partial charge in [0.2, 0.25) is 0 Å². The van der Waals surface area contributed by atoms with Crippen LogP contribution in [0.1, 0.15) is 13.3 Å². The van der Waals surface area contributed by atoms with E-state index in [1.807, 2.05) is 12.8 Å². The minimum absolute atomic E-state index is 0.535. The SMILES string of the molecule is CSCCC(N)C(=O)OC(C)=O.C[SiH2]O. The van der Waals surface area contributed by atoms with Crippen LogP contribution in [0.5, 0.6) is 0 Å². The van der Waals surface area contributed by atoms with Gasteiger partial charge in [-0.2, -0.15) is 11.8 Å². The number of ether oxygens (including phenoxy) is 1. The predicted molar refractivity (Wildman–Crippen MR) is 64.4 cm³/mol. The van der Waals surface area contributed by atoms with E-state index in [1.165, 1.54) is 6.92 Å². The Morgan fingerprint density at radius 1 is 1.60 bits per heavy atom. The van der Waals surface area contributed by atoms with Gasteiger partial charge < -0.3 is 15.3 Å². The zero-order chi connectivity index (χ0) is 12.3. The highest BCUT2D eigenvalue weighted by Crippen LogP contribution is 2.00. The number of thioether (sulfide) groups is 1. The second kappa shape index (κ2) is 11.7. The Morgan fingerprint density at radius 3 is 2.40 bits per heavy atom. The molecule has 0 radical (unpaired) electrons. The Bertz CT molecular complexity index is 191. The fourth-order valence-electron chi connectivity index (χ4n) is 0.580. The standard InChI is InChI=1S/C7H13NO3S.CH6OSi/c1-5(9)11-7(10)6(8)3-4-12-2;1-3-2/h6H,3-4,8H2,1-2H3;2H,3H2,1H3. The van der Waals surface area contributed by atoms with Crippen molar-refractivity contribution in [1.29, 1.82) is 0 Å². The number of carbonyl (C=O) groups is 2. The van der Waals surface area contributed by atoms with E-state index in [1.54, 1.807) is 11.8 Å². The van der Waals surface area contributed by atoms with E-state index < -0.39 is 27.7 Å². The van der Waals surface area contributed by atoms with Crippen molar-refractivity contribution in [3.05, 3.63) is 0 Å². The third-order valence-corrected chi connectivity index (χ3v) is 1.82. The molecule has 0 heterocycles. The van der Waals surface area contributed by atoms with Gasteiger partial charge in [-0.3, -0.25) is 4.79 Å². The minimum atomic E-state index is -0.679. The molecule has 5 nitrogen and oxygen atoms in total. The first-order valence-corrected chi connectivity index (χ1v) is 8.01. The van der Waals surface area contributed by atoms with Crippen LogP contribution in [0, 0.1) is 0 Å². The molecule has 0 saturated heterocycles. The first-order chi connectivity index (χ1) is 6.99. The van der Waals surface area contributed by atoms with Crippen LogP contribution in [0.2, 0.25) is 6.55 Å². The summed E-state index contributed by atoms with van der Waals surface area (Å²) in [6.45, 7) is 3.00. The molecule has 7 heteroatoms. The number of esters is 2. The van der Waals surface area contributed by atoms with Gasteiger partial charge >= 0.3 is 11.9 Å². The summed E-state index contributed by atoms with van der Waals surface area (Å²) < 4.78 is 4.30. The van der Waals surface area contributed by atoms with E-state index in [0.717, 1.165) is 5.75 Å². The molecule has 0 aromatic heterocycles. The fraction of sp³-hybridized carbons (Fsp3) is 0.750. The third-order valence-electron chi connectivity index (χ3n) is 1.18. The van der Waals surface area contributed by atoms with E-state index in [-0.39, 0.29) is 0 Å². The lowest BCUT2D eigenvalue weighted by atomic mass is 10.2. The van der Waals surface area contributed by atoms with Crippen molar-refractivity contribution in [2.75, 3.05) is 12.0 Å². The highest BCUT2D eigenvalue weighted by atomic mass is 32.2. The molecule has 0 rings (SSSR count). The van der Waals surface area contributed by atoms with Crippen molar-refractivity contribution in [1.82, 2.24) is 0 Å². The van der Waals surface area contributed by atoms with Crippen molar-refractivity contribution in [2.45, 2.75) is 25.9 Å². The zero-order valence-corrected chi connectivity index (χ0v) is 11.6. The van der Waals surface area contributed by atoms with Gasteiger partial charge in [0.1, 0.15) is 6.04 Å². The molecule has 0 spiro atoms. The highest BCUT2D eigenvalue weighted by molar-refractivity contribution is 7.98. The molecule has 0 amide bonds. The van der Waals surface area contributed by atoms with Crippen molar-refractivity contribution in [2.24, 2.45) is 5.73 Å². The van der Waals surface area contributed by atoms with Crippen LogP contribution < -0.4 is 5.73 Å². The van der Waals surface area contributed by atoms with Crippen LogP contribution in [0.15, 0.2) is 0 Å². The fourth-order valence-corrected chi connectivity index (χ4v) is 1.07. The van der Waals surface area contributed by atoms with E-state index in [9.17, 15) is 9.59 Å². The van der Waals surface area contributed by atoms with Crippen LogP contribution in [-0.2, 0) is 14.3 Å². The van der Waals surface area contributed by atoms with Gasteiger partial charge in [-0.05, 0) is 18.4 Å². The minimum Gasteiger partial charge on any atom is -0.438 e.